The van der Waals surface area contributed by atoms with Gasteiger partial charge < -0.3 is 52.8 Å². The Kier molecular flexibility index (Phi) is 39.1. The van der Waals surface area contributed by atoms with Crippen LogP contribution in [-0.2, 0) is 47.0 Å². The van der Waals surface area contributed by atoms with Crippen molar-refractivity contribution in [1.82, 2.24) is 29.5 Å². The van der Waals surface area contributed by atoms with E-state index >= 15 is 0 Å². The van der Waals surface area contributed by atoms with E-state index in [1.165, 1.54) is 35.9 Å². The van der Waals surface area contributed by atoms with E-state index in [9.17, 15) is 48.3 Å². The maximum atomic E-state index is 13.1. The largest absolute Gasteiger partial charge is 0.435 e. The van der Waals surface area contributed by atoms with E-state index in [4.69, 9.17) is 51.6 Å². The number of morpholine rings is 1. The van der Waals surface area contributed by atoms with Crippen LogP contribution in [-0.4, -0.2) is 210 Å². The molecule has 15 atom stereocenters. The van der Waals surface area contributed by atoms with Gasteiger partial charge in [0.1, 0.15) is 11.4 Å². The fourth-order valence-corrected chi connectivity index (χ4v) is 18.4. The van der Waals surface area contributed by atoms with E-state index in [0.717, 1.165) is 154 Å². The van der Waals surface area contributed by atoms with Crippen LogP contribution in [0.15, 0.2) is 103 Å². The third-order valence-corrected chi connectivity index (χ3v) is 23.7. The second-order valence-electron chi connectivity index (χ2n) is 34.8. The molecule has 1 aliphatic heterocycles. The number of aromatic nitrogens is 1. The topological polar surface area (TPSA) is 93.7 Å². The smallest absolute Gasteiger partial charge is 0.433 e. The van der Waals surface area contributed by atoms with Gasteiger partial charge in [-0.15, -0.1) is 0 Å². The first-order valence-electron chi connectivity index (χ1n) is 42.0. The fraction of sp³-hybridized carbons (Fsp3) is 0.681. The van der Waals surface area contributed by atoms with Gasteiger partial charge in [-0.3, -0.25) is 4.90 Å². The van der Waals surface area contributed by atoms with Crippen LogP contribution in [0, 0.1) is 6.92 Å². The second kappa shape index (κ2) is 46.1. The molecule has 0 bridgehead atoms. The molecule has 26 heteroatoms. The van der Waals surface area contributed by atoms with Gasteiger partial charge in [0.2, 0.25) is 0 Å². The number of hydrogen-bond donors (Lipinski definition) is 0. The first-order valence-corrected chi connectivity index (χ1v) is 42.7. The molecule has 2 heterocycles. The number of aryl methyl sites for hydroxylation is 1. The lowest BCUT2D eigenvalue weighted by atomic mass is 9.77. The maximum Gasteiger partial charge on any atom is 0.433 e. The molecule has 5 aliphatic carbocycles. The average Bonchev–Trinajstić information content (AvgIpc) is 0.814. The highest BCUT2D eigenvalue weighted by Gasteiger charge is 2.43. The van der Waals surface area contributed by atoms with Gasteiger partial charge in [0.15, 0.2) is 0 Å². The zero-order chi connectivity index (χ0) is 86.6. The summed E-state index contributed by atoms with van der Waals surface area (Å²) < 4.78 is 182. The summed E-state index contributed by atoms with van der Waals surface area (Å²) in [6, 6.07) is 28.5. The Morgan fingerprint density at radius 3 is 1.24 bits per heavy atom. The summed E-state index contributed by atoms with van der Waals surface area (Å²) in [7, 11) is 16.4. The molecule has 0 N–H and O–H groups in total. The lowest BCUT2D eigenvalue weighted by Crippen LogP contribution is -2.52. The molecule has 1 aromatic heterocycles. The number of likely N-dealkylation sites (N-methyl/N-ethyl adjacent to an activating group) is 4. The second-order valence-corrected chi connectivity index (χ2v) is 35.7. The summed E-state index contributed by atoms with van der Waals surface area (Å²) in [6.45, 7) is 22.7. The molecule has 4 aromatic carbocycles. The summed E-state index contributed by atoms with van der Waals surface area (Å²) in [5.41, 5.74) is 3.50. The van der Waals surface area contributed by atoms with Crippen LogP contribution in [0.1, 0.15) is 245 Å². The van der Waals surface area contributed by atoms with Crippen molar-refractivity contribution in [2.45, 2.75) is 318 Å². The van der Waals surface area contributed by atoms with Gasteiger partial charge in [0.05, 0.1) is 85.4 Å². The summed E-state index contributed by atoms with van der Waals surface area (Å²) in [6.07, 6.45) is 2.64. The van der Waals surface area contributed by atoms with Crippen molar-refractivity contribution in [3.63, 3.8) is 0 Å². The predicted octanol–water partition coefficient (Wildman–Crippen LogP) is 22.8. The molecule has 6 fully saturated rings. The minimum atomic E-state index is -4.39. The number of hydrogen-bond acceptors (Lipinski definition) is 13. The van der Waals surface area contributed by atoms with Crippen molar-refractivity contribution in [1.29, 1.82) is 0 Å². The third-order valence-electron chi connectivity index (χ3n) is 23.3. The van der Waals surface area contributed by atoms with E-state index < -0.39 is 42.0 Å². The molecule has 5 saturated carbocycles. The van der Waals surface area contributed by atoms with Crippen LogP contribution >= 0.6 is 23.2 Å². The predicted molar refractivity (Wildman–Crippen MR) is 445 cm³/mol. The first-order chi connectivity index (χ1) is 54.8. The molecular formula is C91H133Cl2F11N6O7. The number of halogens is 13. The van der Waals surface area contributed by atoms with Gasteiger partial charge >= 0.3 is 25.1 Å². The standard InChI is InChI=1S/C20H28F3NO2.C19H28F3NO.C18H27F2NO2.C17H25Cl2NO.C17H25F3N2O/c1-14(2)26-19-7-6-16(13-18(19)24-8-10-25-11-9-24)15-4-3-5-17(12-15)20(21,22)23;1-12(2)24-18-9-7-14(10-17(18)23(4)5)16-11-15(19(20,21)22)8-6-13(16)3;1-12(2)22-17-9-8-14(11-16(17)21(3)4)13-6-5-7-15(10-13)23-18(19)20;1-11(2)21-17-6-5-12(9-16(17)20(3)4)13-7-14(18)10-15(19)8-13;1-11(2)23-15-9-8-12(10-14(15)22(3)4)13-6-5-7-16(21-13)17(18,19)20/h3-5,12,14,16,18-19H,6-11,13H2,1-2H3;6,8,11-12,14,17-18H,7,9-10H2,1-5H3;5-7,10,12,14,16-18H,8-9,11H2,1-4H3;7-8,10-12,16-17H,5-6,9H2,1-4H3;5-7,11-12,14-15H,8-10H2,1-4H3/t16-,18-,19-;14-,17-,18-;14-,16-,17-;12-,16-,17-;12-,14-,15-/m00000/s1. The van der Waals surface area contributed by atoms with E-state index in [1.54, 1.807) is 36.4 Å². The Morgan fingerprint density at radius 1 is 0.410 bits per heavy atom. The van der Waals surface area contributed by atoms with Crippen molar-refractivity contribution in [3.05, 3.63) is 164 Å². The van der Waals surface area contributed by atoms with Crippen molar-refractivity contribution in [3.8, 4) is 5.75 Å². The molecule has 660 valence electrons. The maximum absolute atomic E-state index is 13.1. The summed E-state index contributed by atoms with van der Waals surface area (Å²) in [5.74, 6) is 1.40. The number of rotatable bonds is 22. The normalized spacial score (nSPS) is 26.4. The van der Waals surface area contributed by atoms with Crippen LogP contribution in [0.2, 0.25) is 10.0 Å². The van der Waals surface area contributed by atoms with Crippen LogP contribution in [0.25, 0.3) is 0 Å². The average molecular weight is 1700 g/mol. The van der Waals surface area contributed by atoms with E-state index in [2.05, 4.69) is 102 Å². The van der Waals surface area contributed by atoms with Crippen LogP contribution in [0.4, 0.5) is 48.3 Å². The van der Waals surface area contributed by atoms with Crippen molar-refractivity contribution >= 4 is 23.2 Å². The summed E-state index contributed by atoms with van der Waals surface area (Å²) in [4.78, 5) is 15.0. The van der Waals surface area contributed by atoms with Gasteiger partial charge in [-0.2, -0.15) is 48.3 Å². The SMILES string of the molecule is CC(C)O[C@H]1CC[C@H](c2cc(Cl)cc(Cl)c2)C[C@@H]1N(C)C.CC(C)O[C@H]1CC[C@H](c2cccc(C(F)(F)F)c2)C[C@@H]1N1CCOCC1.CC(C)O[C@H]1CC[C@H](c2cccc(C(F)(F)F)n2)C[C@@H]1N(C)C.CC(C)O[C@H]1CC[C@H](c2cccc(OC(F)F)c2)C[C@@H]1N(C)C.Cc1ccc(C(F)(F)F)cc1[C@H]1CC[C@H](OC(C)C)[C@@H](N(C)C)C1. The molecule has 5 aromatic rings. The Labute approximate surface area is 701 Å². The number of ether oxygens (including phenoxy) is 7. The van der Waals surface area contributed by atoms with Crippen LogP contribution in [0.5, 0.6) is 5.75 Å². The Balaban J connectivity index is 0.000000202. The van der Waals surface area contributed by atoms with E-state index in [1.807, 2.05) is 88.8 Å². The number of alkyl halides is 11. The lowest BCUT2D eigenvalue weighted by molar-refractivity contribution is -0.141. The number of nitrogens with zero attached hydrogens (tertiary/aromatic N) is 6. The van der Waals surface area contributed by atoms with Crippen molar-refractivity contribution in [2.75, 3.05) is 82.7 Å². The van der Waals surface area contributed by atoms with Crippen molar-refractivity contribution < 1.29 is 81.5 Å². The van der Waals surface area contributed by atoms with Gasteiger partial charge in [-0.1, -0.05) is 65.7 Å². The molecule has 13 nitrogen and oxygen atoms in total. The molecular weight excluding hydrogens is 1570 g/mol. The molecule has 11 rings (SSSR count). The molecule has 6 aliphatic rings. The molecule has 0 radical (unpaired) electrons. The monoisotopic (exact) mass is 1700 g/mol. The number of pyridine rings is 1. The van der Waals surface area contributed by atoms with E-state index in [-0.39, 0.29) is 96.6 Å². The highest BCUT2D eigenvalue weighted by atomic mass is 35.5. The number of benzene rings is 4. The van der Waals surface area contributed by atoms with Gasteiger partial charge in [-0.25, -0.2) is 4.98 Å². The highest BCUT2D eigenvalue weighted by molar-refractivity contribution is 6.34. The van der Waals surface area contributed by atoms with Crippen LogP contribution in [0.3, 0.4) is 0 Å². The first kappa shape index (κ1) is 99.3. The van der Waals surface area contributed by atoms with E-state index in [0.29, 0.717) is 48.9 Å². The van der Waals surface area contributed by atoms with Gasteiger partial charge in [-0.05, 0) is 341 Å². The minimum absolute atomic E-state index is 0.0386. The summed E-state index contributed by atoms with van der Waals surface area (Å²) in [5, 5.41) is 1.44. The van der Waals surface area contributed by atoms with Crippen molar-refractivity contribution in [2.24, 2.45) is 0 Å². The summed E-state index contributed by atoms with van der Waals surface area (Å²) >= 11 is 12.3. The molecule has 117 heavy (non-hydrogen) atoms. The van der Waals surface area contributed by atoms with Gasteiger partial charge in [0, 0.05) is 65.0 Å². The third kappa shape index (κ3) is 31.5. The molecule has 0 unspecified atom stereocenters. The zero-order valence-electron chi connectivity index (χ0n) is 72.3. The van der Waals surface area contributed by atoms with Crippen LogP contribution < -0.4 is 4.74 Å². The molecule has 1 saturated heterocycles. The zero-order valence-corrected chi connectivity index (χ0v) is 73.8. The molecule has 0 amide bonds. The highest BCUT2D eigenvalue weighted by Crippen LogP contribution is 2.45. The Hall–Kier alpha value is -4.80. The Bertz CT molecular complexity index is 3710. The Morgan fingerprint density at radius 2 is 0.795 bits per heavy atom. The fourth-order valence-electron chi connectivity index (χ4n) is 17.9. The minimum Gasteiger partial charge on any atom is -0.435 e. The lowest BCUT2D eigenvalue weighted by Gasteiger charge is -2.44. The molecule has 0 spiro atoms. The van der Waals surface area contributed by atoms with Gasteiger partial charge in [0.25, 0.3) is 0 Å². The quantitative estimate of drug-likeness (QED) is 0.0616.